The maximum atomic E-state index is 14.1. The average Bonchev–Trinajstić information content (AvgIpc) is 2.92. The van der Waals surface area contributed by atoms with Crippen molar-refractivity contribution in [3.63, 3.8) is 0 Å². The van der Waals surface area contributed by atoms with Crippen LogP contribution in [0.5, 0.6) is 5.75 Å². The normalized spacial score (nSPS) is 24.3. The van der Waals surface area contributed by atoms with Gasteiger partial charge in [-0.25, -0.2) is 18.0 Å². The van der Waals surface area contributed by atoms with Crippen LogP contribution in [-0.4, -0.2) is 67.6 Å². The minimum atomic E-state index is -1.56. The molecule has 0 spiro atoms. The zero-order valence-corrected chi connectivity index (χ0v) is 12.8. The molecule has 24 heavy (non-hydrogen) atoms. The number of hydrogen-bond donors (Lipinski definition) is 2. The molecule has 2 atom stereocenters. The topological polar surface area (TPSA) is 65.0 Å². The monoisotopic (exact) mass is 345 g/mol. The molecular weight excluding hydrogens is 327 g/mol. The van der Waals surface area contributed by atoms with Gasteiger partial charge in [0.25, 0.3) is 0 Å². The molecule has 9 heteroatoms. The summed E-state index contributed by atoms with van der Waals surface area (Å²) in [6, 6.07) is 1.93. The fourth-order valence-corrected chi connectivity index (χ4v) is 2.92. The summed E-state index contributed by atoms with van der Waals surface area (Å²) in [7, 11) is 0. The highest BCUT2D eigenvalue weighted by atomic mass is 19.1. The summed E-state index contributed by atoms with van der Waals surface area (Å²) in [5.74, 6) is -1.92. The van der Waals surface area contributed by atoms with E-state index < -0.39 is 30.0 Å². The molecular formula is C15H18F3N3O3. The zero-order valence-electron chi connectivity index (χ0n) is 12.8. The van der Waals surface area contributed by atoms with E-state index in [1.165, 1.54) is 6.07 Å². The van der Waals surface area contributed by atoms with Crippen LogP contribution in [0.25, 0.3) is 0 Å². The van der Waals surface area contributed by atoms with E-state index in [1.807, 2.05) is 0 Å². The third kappa shape index (κ3) is 3.35. The Labute approximate surface area is 136 Å². The van der Waals surface area contributed by atoms with Crippen LogP contribution in [0.4, 0.5) is 23.7 Å². The van der Waals surface area contributed by atoms with Gasteiger partial charge in [0.2, 0.25) is 0 Å². The third-order valence-electron chi connectivity index (χ3n) is 4.21. The highest BCUT2D eigenvalue weighted by molar-refractivity contribution is 5.65. The molecule has 2 aliphatic heterocycles. The summed E-state index contributed by atoms with van der Waals surface area (Å²) in [6.45, 7) is 1.95. The van der Waals surface area contributed by atoms with Crippen molar-refractivity contribution in [2.45, 2.75) is 12.3 Å². The predicted molar refractivity (Wildman–Crippen MR) is 80.4 cm³/mol. The highest BCUT2D eigenvalue weighted by Crippen LogP contribution is 2.30. The van der Waals surface area contributed by atoms with Gasteiger partial charge in [-0.15, -0.1) is 0 Å². The Morgan fingerprint density at radius 1 is 1.21 bits per heavy atom. The summed E-state index contributed by atoms with van der Waals surface area (Å²) < 4.78 is 47.3. The second kappa shape index (κ2) is 6.76. The number of hydrogen-bond acceptors (Lipinski definition) is 4. The van der Waals surface area contributed by atoms with Crippen LogP contribution in [0.2, 0.25) is 0 Å². The van der Waals surface area contributed by atoms with Gasteiger partial charge < -0.3 is 25.0 Å². The van der Waals surface area contributed by atoms with Crippen LogP contribution in [-0.2, 0) is 0 Å². The predicted octanol–water partition coefficient (Wildman–Crippen LogP) is 1.45. The van der Waals surface area contributed by atoms with E-state index in [2.05, 4.69) is 5.32 Å². The van der Waals surface area contributed by atoms with Crippen LogP contribution in [0.15, 0.2) is 12.1 Å². The number of piperazine rings is 1. The first-order valence-electron chi connectivity index (χ1n) is 7.69. The summed E-state index contributed by atoms with van der Waals surface area (Å²) >= 11 is 0. The Kier molecular flexibility index (Phi) is 4.70. The first kappa shape index (κ1) is 16.7. The smallest absolute Gasteiger partial charge is 0.407 e. The zero-order chi connectivity index (χ0) is 17.3. The van der Waals surface area contributed by atoms with Crippen molar-refractivity contribution in [1.29, 1.82) is 0 Å². The lowest BCUT2D eigenvalue weighted by Gasteiger charge is -2.30. The molecule has 0 unspecified atom stereocenters. The maximum absolute atomic E-state index is 14.1. The minimum absolute atomic E-state index is 0.191. The fraction of sp³-hybridized carbons (Fsp3) is 0.533. The van der Waals surface area contributed by atoms with Gasteiger partial charge in [-0.2, -0.15) is 0 Å². The molecule has 0 saturated carbocycles. The van der Waals surface area contributed by atoms with Crippen molar-refractivity contribution in [3.8, 4) is 5.75 Å². The second-order valence-corrected chi connectivity index (χ2v) is 5.83. The number of anilines is 1. The molecule has 1 aromatic rings. The van der Waals surface area contributed by atoms with Crippen molar-refractivity contribution in [2.75, 3.05) is 44.2 Å². The van der Waals surface area contributed by atoms with Gasteiger partial charge in [-0.05, 0) is 0 Å². The molecule has 1 aromatic carbocycles. The number of ether oxygens (including phenoxy) is 1. The van der Waals surface area contributed by atoms with Crippen LogP contribution in [0.1, 0.15) is 0 Å². The molecule has 2 heterocycles. The van der Waals surface area contributed by atoms with Gasteiger partial charge in [0.15, 0.2) is 17.7 Å². The number of benzene rings is 1. The average molecular weight is 345 g/mol. The largest absolute Gasteiger partial charge is 0.482 e. The van der Waals surface area contributed by atoms with Crippen molar-refractivity contribution >= 4 is 11.8 Å². The number of rotatable bonds is 3. The number of nitrogens with zero attached hydrogens (tertiary/aromatic N) is 2. The van der Waals surface area contributed by atoms with Gasteiger partial charge in [0.05, 0.1) is 18.8 Å². The Morgan fingerprint density at radius 2 is 1.92 bits per heavy atom. The molecule has 6 nitrogen and oxygen atoms in total. The summed E-state index contributed by atoms with van der Waals surface area (Å²) in [5, 5.41) is 12.0. The molecule has 132 valence electrons. The molecule has 2 N–H and O–H groups in total. The molecule has 3 rings (SSSR count). The molecule has 2 aliphatic rings. The van der Waals surface area contributed by atoms with E-state index in [9.17, 15) is 18.0 Å². The number of carboxylic acid groups (broad SMARTS) is 1. The Hall–Kier alpha value is -2.16. The lowest BCUT2D eigenvalue weighted by molar-refractivity contribution is 0.130. The van der Waals surface area contributed by atoms with Crippen molar-refractivity contribution in [2.24, 2.45) is 0 Å². The van der Waals surface area contributed by atoms with Gasteiger partial charge in [-0.1, -0.05) is 0 Å². The number of halogens is 3. The van der Waals surface area contributed by atoms with Crippen molar-refractivity contribution < 1.29 is 27.8 Å². The number of carbonyl (C=O) groups is 1. The SMILES string of the molecule is O=C(O)N1C[C@H](Oc2cc(N3CCNCC3)c(F)cc2F)[C@@H](F)C1. The first-order valence-corrected chi connectivity index (χ1v) is 7.69. The van der Waals surface area contributed by atoms with E-state index in [4.69, 9.17) is 9.84 Å². The lowest BCUT2D eigenvalue weighted by atomic mass is 10.2. The maximum Gasteiger partial charge on any atom is 0.407 e. The van der Waals surface area contributed by atoms with Gasteiger partial charge in [0.1, 0.15) is 11.9 Å². The molecule has 0 aliphatic carbocycles. The molecule has 0 bridgehead atoms. The highest BCUT2D eigenvalue weighted by Gasteiger charge is 2.37. The molecule has 2 saturated heterocycles. The summed E-state index contributed by atoms with van der Waals surface area (Å²) in [5.41, 5.74) is 0.191. The van der Waals surface area contributed by atoms with Crippen LogP contribution in [0, 0.1) is 11.6 Å². The van der Waals surface area contributed by atoms with Crippen LogP contribution >= 0.6 is 0 Å². The molecule has 2 fully saturated rings. The molecule has 0 radical (unpaired) electrons. The van der Waals surface area contributed by atoms with Crippen molar-refractivity contribution in [3.05, 3.63) is 23.8 Å². The van der Waals surface area contributed by atoms with E-state index >= 15 is 0 Å². The Bertz CT molecular complexity index is 625. The van der Waals surface area contributed by atoms with E-state index in [-0.39, 0.29) is 24.5 Å². The van der Waals surface area contributed by atoms with Crippen molar-refractivity contribution in [1.82, 2.24) is 10.2 Å². The summed E-state index contributed by atoms with van der Waals surface area (Å²) in [4.78, 5) is 13.5. The summed E-state index contributed by atoms with van der Waals surface area (Å²) in [6.07, 6.45) is -3.94. The van der Waals surface area contributed by atoms with Crippen LogP contribution < -0.4 is 15.0 Å². The van der Waals surface area contributed by atoms with E-state index in [1.54, 1.807) is 4.90 Å². The second-order valence-electron chi connectivity index (χ2n) is 5.83. The standard InChI is InChI=1S/C15H18F3N3O3/c16-9-5-10(17)13(6-12(9)20-3-1-19-2-4-20)24-14-8-21(15(22)23)7-11(14)18/h5-6,11,14,19H,1-4,7-8H2,(H,22,23)/t11-,14-/m0/s1. The van der Waals surface area contributed by atoms with E-state index in [0.717, 1.165) is 4.90 Å². The first-order chi connectivity index (χ1) is 11.5. The quantitative estimate of drug-likeness (QED) is 0.868. The van der Waals surface area contributed by atoms with Crippen LogP contribution in [0.3, 0.4) is 0 Å². The molecule has 1 amide bonds. The number of alkyl halides is 1. The minimum Gasteiger partial charge on any atom is -0.482 e. The lowest BCUT2D eigenvalue weighted by Crippen LogP contribution is -2.44. The number of nitrogens with one attached hydrogen (secondary N) is 1. The number of amides is 1. The number of likely N-dealkylation sites (tertiary alicyclic amines) is 1. The van der Waals surface area contributed by atoms with Gasteiger partial charge in [0, 0.05) is 38.3 Å². The molecule has 0 aromatic heterocycles. The fourth-order valence-electron chi connectivity index (χ4n) is 2.92. The van der Waals surface area contributed by atoms with E-state index in [0.29, 0.717) is 32.2 Å². The van der Waals surface area contributed by atoms with Gasteiger partial charge in [-0.3, -0.25) is 0 Å². The third-order valence-corrected chi connectivity index (χ3v) is 4.21. The Balaban J connectivity index is 1.79. The van der Waals surface area contributed by atoms with Gasteiger partial charge >= 0.3 is 6.09 Å². The Morgan fingerprint density at radius 3 is 2.54 bits per heavy atom.